The molecule has 0 radical (unpaired) electrons. The number of hydrogen-bond acceptors (Lipinski definition) is 6. The highest BCUT2D eigenvalue weighted by atomic mass is 16.6. The zero-order chi connectivity index (χ0) is 58.5. The van der Waals surface area contributed by atoms with E-state index >= 15 is 0 Å². The highest BCUT2D eigenvalue weighted by Gasteiger charge is 2.19. The van der Waals surface area contributed by atoms with Gasteiger partial charge in [0.1, 0.15) is 13.2 Å². The molecular formula is C75H134O6. The number of unbranched alkanes of at least 4 members (excludes halogenated alkanes) is 42. The first-order chi connectivity index (χ1) is 40.0. The number of allylic oxidation sites excluding steroid dienone is 12. The van der Waals surface area contributed by atoms with Crippen LogP contribution in [0.4, 0.5) is 0 Å². The predicted octanol–water partition coefficient (Wildman–Crippen LogP) is 24.4. The van der Waals surface area contributed by atoms with E-state index in [2.05, 4.69) is 93.7 Å². The van der Waals surface area contributed by atoms with Gasteiger partial charge in [-0.05, 0) is 83.5 Å². The SMILES string of the molecule is CC/C=C\C/C=C\C/C=C\CCCCCCCCCC(=O)OC(COC(=O)CCCCC/C=C\C/C=C\C/C=C\CC)COC(=O)CCCCCCCCCCCCCCCCCCCCCCCCCCCCCCCCCCC. The van der Waals surface area contributed by atoms with Crippen molar-refractivity contribution in [1.82, 2.24) is 0 Å². The third-order valence-corrected chi connectivity index (χ3v) is 15.7. The standard InChI is InChI=1S/C75H134O6/c1-4-7-10-13-16-19-22-25-27-29-30-31-32-33-34-35-36-37-38-39-40-41-42-43-44-46-47-50-53-56-59-62-65-68-74(77)80-71-72(70-79-73(76)67-64-61-58-55-52-49-24-21-18-15-12-9-6-3)81-75(78)69-66-63-60-57-54-51-48-45-28-26-23-20-17-14-11-8-5-2/h8-9,11-12,17-18,20-21,26,28,49,52,72H,4-7,10,13-16,19,22-25,27,29-48,50-51,53-71H2,1-3H3/b11-8-,12-9-,20-17-,21-18-,28-26-,52-49-. The molecule has 0 saturated carbocycles. The Labute approximate surface area is 503 Å². The van der Waals surface area contributed by atoms with Crippen molar-refractivity contribution >= 4 is 17.9 Å². The zero-order valence-electron chi connectivity index (χ0n) is 54.1. The number of ether oxygens (including phenoxy) is 3. The molecule has 0 aromatic carbocycles. The van der Waals surface area contributed by atoms with Crippen molar-refractivity contribution in [3.63, 3.8) is 0 Å². The summed E-state index contributed by atoms with van der Waals surface area (Å²) in [6, 6.07) is 0. The van der Waals surface area contributed by atoms with Crippen LogP contribution in [0.1, 0.15) is 367 Å². The quantitative estimate of drug-likeness (QED) is 0.0261. The van der Waals surface area contributed by atoms with Crippen LogP contribution in [-0.4, -0.2) is 37.2 Å². The van der Waals surface area contributed by atoms with E-state index in [0.29, 0.717) is 19.3 Å². The molecule has 0 bridgehead atoms. The molecule has 1 atom stereocenters. The smallest absolute Gasteiger partial charge is 0.306 e. The minimum atomic E-state index is -0.793. The van der Waals surface area contributed by atoms with Gasteiger partial charge in [-0.25, -0.2) is 0 Å². The maximum atomic E-state index is 12.9. The Hall–Kier alpha value is -3.15. The average molecular weight is 1130 g/mol. The van der Waals surface area contributed by atoms with E-state index < -0.39 is 6.10 Å². The number of carbonyl (C=O) groups excluding carboxylic acids is 3. The van der Waals surface area contributed by atoms with Gasteiger partial charge in [0.25, 0.3) is 0 Å². The molecule has 0 heterocycles. The lowest BCUT2D eigenvalue weighted by Gasteiger charge is -2.18. The second-order valence-corrected chi connectivity index (χ2v) is 23.7. The Bertz CT molecular complexity index is 1490. The van der Waals surface area contributed by atoms with E-state index in [9.17, 15) is 14.4 Å². The number of esters is 3. The van der Waals surface area contributed by atoms with E-state index in [1.165, 1.54) is 218 Å². The lowest BCUT2D eigenvalue weighted by molar-refractivity contribution is -0.167. The first-order valence-electron chi connectivity index (χ1n) is 35.4. The Morgan fingerprint density at radius 2 is 0.481 bits per heavy atom. The van der Waals surface area contributed by atoms with Crippen LogP contribution >= 0.6 is 0 Å². The molecule has 6 nitrogen and oxygen atoms in total. The van der Waals surface area contributed by atoms with Gasteiger partial charge in [-0.2, -0.15) is 0 Å². The van der Waals surface area contributed by atoms with Crippen molar-refractivity contribution in [3.05, 3.63) is 72.9 Å². The number of rotatable bonds is 65. The third-order valence-electron chi connectivity index (χ3n) is 15.7. The molecule has 0 aromatic heterocycles. The normalized spacial score (nSPS) is 12.5. The van der Waals surface area contributed by atoms with Crippen molar-refractivity contribution in [1.29, 1.82) is 0 Å². The van der Waals surface area contributed by atoms with Gasteiger partial charge in [0, 0.05) is 19.3 Å². The first-order valence-corrected chi connectivity index (χ1v) is 35.4. The van der Waals surface area contributed by atoms with E-state index in [4.69, 9.17) is 14.2 Å². The molecular weight excluding hydrogens is 997 g/mol. The fraction of sp³-hybridized carbons (Fsp3) is 0.800. The van der Waals surface area contributed by atoms with Gasteiger partial charge in [0.15, 0.2) is 6.10 Å². The molecule has 0 spiro atoms. The maximum absolute atomic E-state index is 12.9. The van der Waals surface area contributed by atoms with Gasteiger partial charge in [-0.3, -0.25) is 14.4 Å². The molecule has 0 fully saturated rings. The summed E-state index contributed by atoms with van der Waals surface area (Å²) < 4.78 is 16.9. The number of hydrogen-bond donors (Lipinski definition) is 0. The molecule has 0 N–H and O–H groups in total. The number of carbonyl (C=O) groups is 3. The molecule has 1 unspecified atom stereocenters. The largest absolute Gasteiger partial charge is 0.462 e. The summed E-state index contributed by atoms with van der Waals surface area (Å²) in [5.41, 5.74) is 0. The molecule has 0 aliphatic carbocycles. The summed E-state index contributed by atoms with van der Waals surface area (Å²) in [4.78, 5) is 38.3. The van der Waals surface area contributed by atoms with Gasteiger partial charge >= 0.3 is 17.9 Å². The van der Waals surface area contributed by atoms with Gasteiger partial charge in [0.2, 0.25) is 0 Å². The lowest BCUT2D eigenvalue weighted by Crippen LogP contribution is -2.30. The van der Waals surface area contributed by atoms with Crippen LogP contribution in [0.25, 0.3) is 0 Å². The van der Waals surface area contributed by atoms with Gasteiger partial charge in [-0.1, -0.05) is 338 Å². The molecule has 0 rings (SSSR count). The average Bonchev–Trinajstić information content (AvgIpc) is 3.46. The third kappa shape index (κ3) is 67.5. The molecule has 0 aliphatic rings. The minimum Gasteiger partial charge on any atom is -0.462 e. The van der Waals surface area contributed by atoms with Gasteiger partial charge in [0.05, 0.1) is 0 Å². The van der Waals surface area contributed by atoms with Gasteiger partial charge < -0.3 is 14.2 Å². The van der Waals surface area contributed by atoms with Crippen LogP contribution in [0.2, 0.25) is 0 Å². The molecule has 470 valence electrons. The summed E-state index contributed by atoms with van der Waals surface area (Å²) in [5, 5.41) is 0. The summed E-state index contributed by atoms with van der Waals surface area (Å²) in [5.74, 6) is -0.910. The van der Waals surface area contributed by atoms with E-state index in [-0.39, 0.29) is 31.1 Å². The van der Waals surface area contributed by atoms with Crippen LogP contribution in [-0.2, 0) is 28.6 Å². The highest BCUT2D eigenvalue weighted by molar-refractivity contribution is 5.71. The lowest BCUT2D eigenvalue weighted by atomic mass is 10.0. The molecule has 0 aromatic rings. The Kier molecular flexibility index (Phi) is 66.6. The second kappa shape index (κ2) is 69.3. The van der Waals surface area contributed by atoms with Crippen molar-refractivity contribution < 1.29 is 28.6 Å². The van der Waals surface area contributed by atoms with Crippen molar-refractivity contribution in [3.8, 4) is 0 Å². The van der Waals surface area contributed by atoms with Crippen LogP contribution in [0.3, 0.4) is 0 Å². The monoisotopic (exact) mass is 1130 g/mol. The van der Waals surface area contributed by atoms with Crippen molar-refractivity contribution in [2.24, 2.45) is 0 Å². The highest BCUT2D eigenvalue weighted by Crippen LogP contribution is 2.19. The van der Waals surface area contributed by atoms with E-state index in [1.807, 2.05) is 0 Å². The fourth-order valence-electron chi connectivity index (χ4n) is 10.5. The summed E-state index contributed by atoms with van der Waals surface area (Å²) in [6.07, 6.45) is 91.1. The van der Waals surface area contributed by atoms with Crippen LogP contribution in [0.5, 0.6) is 0 Å². The Balaban J connectivity index is 4.12. The molecule has 0 aliphatic heterocycles. The minimum absolute atomic E-state index is 0.0863. The fourth-order valence-corrected chi connectivity index (χ4v) is 10.5. The predicted molar refractivity (Wildman–Crippen MR) is 353 cm³/mol. The molecule has 0 saturated heterocycles. The second-order valence-electron chi connectivity index (χ2n) is 23.7. The van der Waals surface area contributed by atoms with Crippen molar-refractivity contribution in [2.75, 3.05) is 13.2 Å². The summed E-state index contributed by atoms with van der Waals surface area (Å²) in [7, 11) is 0. The zero-order valence-corrected chi connectivity index (χ0v) is 54.1. The van der Waals surface area contributed by atoms with Crippen LogP contribution < -0.4 is 0 Å². The molecule has 6 heteroatoms. The Morgan fingerprint density at radius 1 is 0.259 bits per heavy atom. The van der Waals surface area contributed by atoms with Crippen LogP contribution in [0.15, 0.2) is 72.9 Å². The van der Waals surface area contributed by atoms with Gasteiger partial charge in [-0.15, -0.1) is 0 Å². The molecule has 0 amide bonds. The van der Waals surface area contributed by atoms with E-state index in [1.54, 1.807) is 0 Å². The Morgan fingerprint density at radius 3 is 0.765 bits per heavy atom. The van der Waals surface area contributed by atoms with Crippen molar-refractivity contribution in [2.45, 2.75) is 374 Å². The summed E-state index contributed by atoms with van der Waals surface area (Å²) in [6.45, 7) is 6.43. The first kappa shape index (κ1) is 77.9. The summed E-state index contributed by atoms with van der Waals surface area (Å²) >= 11 is 0. The maximum Gasteiger partial charge on any atom is 0.306 e. The van der Waals surface area contributed by atoms with E-state index in [0.717, 1.165) is 109 Å². The molecule has 81 heavy (non-hydrogen) atoms. The van der Waals surface area contributed by atoms with Crippen LogP contribution in [0, 0.1) is 0 Å². The topological polar surface area (TPSA) is 78.9 Å².